The number of carbonyl (C=O) groups is 1. The zero-order valence-electron chi connectivity index (χ0n) is 13.0. The van der Waals surface area contributed by atoms with Crippen LogP contribution in [0.4, 0.5) is 0 Å². The number of benzene rings is 1. The number of rotatable bonds is 6. The summed E-state index contributed by atoms with van der Waals surface area (Å²) in [4.78, 5) is 13.7. The fourth-order valence-electron chi connectivity index (χ4n) is 2.43. The van der Waals surface area contributed by atoms with E-state index in [1.54, 1.807) is 17.5 Å². The van der Waals surface area contributed by atoms with Crippen molar-refractivity contribution in [1.29, 1.82) is 0 Å². The van der Waals surface area contributed by atoms with Gasteiger partial charge in [-0.25, -0.2) is 0 Å². The first kappa shape index (κ1) is 15.5. The molecule has 0 bridgehead atoms. The molecule has 1 aromatic carbocycles. The number of aromatic amines is 1. The van der Waals surface area contributed by atoms with Crippen molar-refractivity contribution in [2.45, 2.75) is 19.8 Å². The van der Waals surface area contributed by atoms with Gasteiger partial charge in [-0.2, -0.15) is 5.10 Å². The second-order valence-electron chi connectivity index (χ2n) is 5.29. The van der Waals surface area contributed by atoms with E-state index in [4.69, 9.17) is 0 Å². The van der Waals surface area contributed by atoms with Gasteiger partial charge in [0.05, 0.1) is 17.5 Å². The van der Waals surface area contributed by atoms with Gasteiger partial charge in [0.15, 0.2) is 0 Å². The number of carbonyl (C=O) groups excluding carboxylic acids is 1. The topological polar surface area (TPSA) is 57.8 Å². The monoisotopic (exact) mass is 325 g/mol. The first-order valence-electron chi connectivity index (χ1n) is 7.71. The molecule has 0 aliphatic heterocycles. The summed E-state index contributed by atoms with van der Waals surface area (Å²) in [5.41, 5.74) is 3.60. The minimum absolute atomic E-state index is 0.0927. The molecule has 0 radical (unpaired) electrons. The molecule has 0 aliphatic rings. The second-order valence-corrected chi connectivity index (χ2v) is 6.33. The number of hydrogen-bond acceptors (Lipinski definition) is 3. The van der Waals surface area contributed by atoms with E-state index in [2.05, 4.69) is 40.6 Å². The largest absolute Gasteiger partial charge is 0.352 e. The molecule has 3 rings (SSSR count). The first-order chi connectivity index (χ1) is 11.3. The van der Waals surface area contributed by atoms with Gasteiger partial charge >= 0.3 is 0 Å². The number of nitrogens with one attached hydrogen (secondary N) is 2. The molecule has 118 valence electrons. The summed E-state index contributed by atoms with van der Waals surface area (Å²) in [7, 11) is 0. The summed E-state index contributed by atoms with van der Waals surface area (Å²) < 4.78 is 0. The van der Waals surface area contributed by atoms with E-state index in [1.807, 2.05) is 23.6 Å². The van der Waals surface area contributed by atoms with Gasteiger partial charge in [-0.05, 0) is 29.9 Å². The number of amides is 1. The van der Waals surface area contributed by atoms with Crippen LogP contribution in [0, 0.1) is 0 Å². The van der Waals surface area contributed by atoms with Gasteiger partial charge in [0, 0.05) is 17.0 Å². The van der Waals surface area contributed by atoms with Crippen molar-refractivity contribution < 1.29 is 4.79 Å². The highest BCUT2D eigenvalue weighted by atomic mass is 32.1. The Hall–Kier alpha value is -2.40. The molecule has 0 atom stereocenters. The third-order valence-electron chi connectivity index (χ3n) is 3.77. The summed E-state index contributed by atoms with van der Waals surface area (Å²) >= 11 is 1.71. The Bertz CT molecular complexity index is 760. The lowest BCUT2D eigenvalue weighted by molar-refractivity contribution is 0.0955. The Morgan fingerprint density at radius 1 is 1.26 bits per heavy atom. The van der Waals surface area contributed by atoms with E-state index >= 15 is 0 Å². The second kappa shape index (κ2) is 7.24. The molecule has 23 heavy (non-hydrogen) atoms. The Labute approximate surface area is 139 Å². The van der Waals surface area contributed by atoms with Crippen molar-refractivity contribution in [2.75, 3.05) is 6.54 Å². The van der Waals surface area contributed by atoms with Crippen LogP contribution in [0.5, 0.6) is 0 Å². The summed E-state index contributed by atoms with van der Waals surface area (Å²) in [5, 5.41) is 12.0. The summed E-state index contributed by atoms with van der Waals surface area (Å²) in [6, 6.07) is 12.3. The van der Waals surface area contributed by atoms with Crippen LogP contribution in [0.15, 0.2) is 48.0 Å². The molecule has 0 fully saturated rings. The predicted molar refractivity (Wildman–Crippen MR) is 93.8 cm³/mol. The van der Waals surface area contributed by atoms with Crippen molar-refractivity contribution in [1.82, 2.24) is 15.5 Å². The highest BCUT2D eigenvalue weighted by Gasteiger charge is 2.14. The smallest absolute Gasteiger partial charge is 0.255 e. The van der Waals surface area contributed by atoms with E-state index in [1.165, 1.54) is 10.4 Å². The zero-order chi connectivity index (χ0) is 16.1. The lowest BCUT2D eigenvalue weighted by Crippen LogP contribution is -2.25. The van der Waals surface area contributed by atoms with Crippen molar-refractivity contribution in [3.05, 3.63) is 64.0 Å². The fraction of sp³-hybridized carbons (Fsp3) is 0.222. The molecule has 2 N–H and O–H groups in total. The summed E-state index contributed by atoms with van der Waals surface area (Å²) in [6.45, 7) is 2.75. The summed E-state index contributed by atoms with van der Waals surface area (Å²) in [6.07, 6.45) is 3.44. The minimum atomic E-state index is -0.0927. The van der Waals surface area contributed by atoms with E-state index in [0.29, 0.717) is 12.1 Å². The lowest BCUT2D eigenvalue weighted by Gasteiger charge is -2.06. The normalized spacial score (nSPS) is 10.7. The molecular weight excluding hydrogens is 306 g/mol. The molecule has 3 aromatic rings. The average Bonchev–Trinajstić information content (AvgIpc) is 3.26. The maximum atomic E-state index is 12.4. The Kier molecular flexibility index (Phi) is 4.88. The first-order valence-corrected chi connectivity index (χ1v) is 8.59. The number of hydrogen-bond donors (Lipinski definition) is 2. The highest BCUT2D eigenvalue weighted by Crippen LogP contribution is 2.21. The maximum absolute atomic E-state index is 12.4. The lowest BCUT2D eigenvalue weighted by atomic mass is 10.0. The molecular formula is C18H19N3OS. The Morgan fingerprint density at radius 2 is 2.09 bits per heavy atom. The van der Waals surface area contributed by atoms with Gasteiger partial charge < -0.3 is 5.32 Å². The van der Waals surface area contributed by atoms with Crippen LogP contribution in [0.1, 0.15) is 27.7 Å². The van der Waals surface area contributed by atoms with E-state index in [9.17, 15) is 4.79 Å². The number of H-pyrrole nitrogens is 1. The molecule has 0 saturated carbocycles. The molecule has 0 aliphatic carbocycles. The molecule has 2 aromatic heterocycles. The van der Waals surface area contributed by atoms with Gasteiger partial charge in [0.2, 0.25) is 0 Å². The van der Waals surface area contributed by atoms with Gasteiger partial charge in [-0.1, -0.05) is 37.3 Å². The van der Waals surface area contributed by atoms with Crippen LogP contribution >= 0.6 is 11.3 Å². The Balaban J connectivity index is 1.68. The van der Waals surface area contributed by atoms with Crippen LogP contribution in [0.2, 0.25) is 0 Å². The highest BCUT2D eigenvalue weighted by molar-refractivity contribution is 7.09. The maximum Gasteiger partial charge on any atom is 0.255 e. The molecule has 0 saturated heterocycles. The third-order valence-corrected chi connectivity index (χ3v) is 4.71. The molecule has 5 heteroatoms. The number of thiophene rings is 1. The molecule has 4 nitrogen and oxygen atoms in total. The minimum Gasteiger partial charge on any atom is -0.352 e. The fourth-order valence-corrected chi connectivity index (χ4v) is 3.14. The molecule has 0 spiro atoms. The number of aromatic nitrogens is 2. The van der Waals surface area contributed by atoms with Gasteiger partial charge in [-0.15, -0.1) is 11.3 Å². The van der Waals surface area contributed by atoms with Crippen molar-refractivity contribution >= 4 is 17.2 Å². The quantitative estimate of drug-likeness (QED) is 0.726. The van der Waals surface area contributed by atoms with Crippen molar-refractivity contribution in [3.8, 4) is 11.3 Å². The van der Waals surface area contributed by atoms with E-state index < -0.39 is 0 Å². The number of aryl methyl sites for hydroxylation is 1. The van der Waals surface area contributed by atoms with Crippen molar-refractivity contribution in [2.24, 2.45) is 0 Å². The third kappa shape index (κ3) is 3.68. The van der Waals surface area contributed by atoms with E-state index in [0.717, 1.165) is 24.1 Å². The SMILES string of the molecule is CCc1ccc(-c2[nH]ncc2C(=O)NCCc2cccs2)cc1. The van der Waals surface area contributed by atoms with Gasteiger partial charge in [0.25, 0.3) is 5.91 Å². The van der Waals surface area contributed by atoms with Crippen LogP contribution < -0.4 is 5.32 Å². The zero-order valence-corrected chi connectivity index (χ0v) is 13.8. The summed E-state index contributed by atoms with van der Waals surface area (Å²) in [5.74, 6) is -0.0927. The predicted octanol–water partition coefficient (Wildman–Crippen LogP) is 3.67. The Morgan fingerprint density at radius 3 is 2.78 bits per heavy atom. The van der Waals surface area contributed by atoms with Crippen molar-refractivity contribution in [3.63, 3.8) is 0 Å². The van der Waals surface area contributed by atoms with Crippen LogP contribution in [0.3, 0.4) is 0 Å². The van der Waals surface area contributed by atoms with Crippen LogP contribution in [-0.2, 0) is 12.8 Å². The van der Waals surface area contributed by atoms with Gasteiger partial charge in [-0.3, -0.25) is 9.89 Å². The van der Waals surface area contributed by atoms with Crippen LogP contribution in [0.25, 0.3) is 11.3 Å². The van der Waals surface area contributed by atoms with Gasteiger partial charge in [0.1, 0.15) is 0 Å². The van der Waals surface area contributed by atoms with Crippen LogP contribution in [-0.4, -0.2) is 22.6 Å². The molecule has 0 unspecified atom stereocenters. The molecule has 1 amide bonds. The number of nitrogens with zero attached hydrogens (tertiary/aromatic N) is 1. The standard InChI is InChI=1S/C18H19N3OS/c1-2-13-5-7-14(8-6-13)17-16(12-20-21-17)18(22)19-10-9-15-4-3-11-23-15/h3-8,11-12H,2,9-10H2,1H3,(H,19,22)(H,20,21). The average molecular weight is 325 g/mol. The van der Waals surface area contributed by atoms with E-state index in [-0.39, 0.29) is 5.91 Å². The molecule has 2 heterocycles.